The van der Waals surface area contributed by atoms with Gasteiger partial charge in [-0.15, -0.1) is 0 Å². The standard InChI is InChI=1S/C24H32ClN3O4S/c1-4-28(18-19-11-7-5-8-12-19)23(29)13-9-6-10-16-26-24(30)21-17-20(14-15-22(21)25)33(31,32)27(2)3/h5,7-8,11-12,14-15,17H,4,6,9-10,13,16,18H2,1-3H3,(H,26,30). The van der Waals surface area contributed by atoms with Crippen molar-refractivity contribution in [1.82, 2.24) is 14.5 Å². The first-order valence-electron chi connectivity index (χ1n) is 11.0. The molecule has 0 fully saturated rings. The van der Waals surface area contributed by atoms with E-state index in [2.05, 4.69) is 5.32 Å². The van der Waals surface area contributed by atoms with E-state index in [1.807, 2.05) is 42.2 Å². The highest BCUT2D eigenvalue weighted by atomic mass is 35.5. The quantitative estimate of drug-likeness (QED) is 0.454. The predicted octanol–water partition coefficient (Wildman–Crippen LogP) is 3.93. The Morgan fingerprint density at radius 2 is 1.70 bits per heavy atom. The number of nitrogens with one attached hydrogen (secondary N) is 1. The minimum atomic E-state index is -3.66. The zero-order valence-electron chi connectivity index (χ0n) is 19.4. The molecule has 0 radical (unpaired) electrons. The molecule has 2 rings (SSSR count). The van der Waals surface area contributed by atoms with E-state index in [0.717, 1.165) is 22.7 Å². The molecule has 0 saturated carbocycles. The van der Waals surface area contributed by atoms with Crippen LogP contribution in [-0.2, 0) is 21.4 Å². The molecular weight excluding hydrogens is 462 g/mol. The lowest BCUT2D eigenvalue weighted by atomic mass is 10.1. The second kappa shape index (κ2) is 12.7. The van der Waals surface area contributed by atoms with Crippen LogP contribution < -0.4 is 5.32 Å². The van der Waals surface area contributed by atoms with Gasteiger partial charge >= 0.3 is 0 Å². The summed E-state index contributed by atoms with van der Waals surface area (Å²) in [6.07, 6.45) is 2.69. The van der Waals surface area contributed by atoms with Gasteiger partial charge in [0.05, 0.1) is 15.5 Å². The van der Waals surface area contributed by atoms with Crippen LogP contribution in [0.1, 0.15) is 48.5 Å². The van der Waals surface area contributed by atoms with E-state index in [-0.39, 0.29) is 21.4 Å². The van der Waals surface area contributed by atoms with Crippen LogP contribution in [0.2, 0.25) is 5.02 Å². The minimum absolute atomic E-state index is 0.0107. The lowest BCUT2D eigenvalue weighted by Gasteiger charge is -2.21. The summed E-state index contributed by atoms with van der Waals surface area (Å²) in [5.74, 6) is -0.303. The van der Waals surface area contributed by atoms with Gasteiger partial charge in [0.15, 0.2) is 0 Å². The normalized spacial score (nSPS) is 11.4. The van der Waals surface area contributed by atoms with E-state index >= 15 is 0 Å². The van der Waals surface area contributed by atoms with Gasteiger partial charge in [-0.25, -0.2) is 12.7 Å². The number of halogens is 1. The Kier molecular flexibility index (Phi) is 10.3. The van der Waals surface area contributed by atoms with Crippen molar-refractivity contribution in [3.05, 3.63) is 64.7 Å². The fourth-order valence-electron chi connectivity index (χ4n) is 3.26. The highest BCUT2D eigenvalue weighted by Gasteiger charge is 2.20. The fraction of sp³-hybridized carbons (Fsp3) is 0.417. The summed E-state index contributed by atoms with van der Waals surface area (Å²) in [6.45, 7) is 3.65. The first-order valence-corrected chi connectivity index (χ1v) is 12.8. The Labute approximate surface area is 201 Å². The van der Waals surface area contributed by atoms with Gasteiger partial charge in [-0.05, 0) is 43.5 Å². The van der Waals surface area contributed by atoms with Gasteiger partial charge in [0.25, 0.3) is 5.91 Å². The van der Waals surface area contributed by atoms with E-state index < -0.39 is 15.9 Å². The van der Waals surface area contributed by atoms with Crippen LogP contribution in [0.25, 0.3) is 0 Å². The van der Waals surface area contributed by atoms with Crippen molar-refractivity contribution >= 4 is 33.4 Å². The summed E-state index contributed by atoms with van der Waals surface area (Å²) in [5.41, 5.74) is 1.23. The van der Waals surface area contributed by atoms with Gasteiger partial charge in [0, 0.05) is 40.2 Å². The van der Waals surface area contributed by atoms with Gasteiger partial charge in [-0.3, -0.25) is 9.59 Å². The van der Waals surface area contributed by atoms with Crippen molar-refractivity contribution in [2.24, 2.45) is 0 Å². The van der Waals surface area contributed by atoms with Gasteiger partial charge in [-0.2, -0.15) is 0 Å². The van der Waals surface area contributed by atoms with E-state index in [4.69, 9.17) is 11.6 Å². The zero-order chi connectivity index (χ0) is 24.4. The van der Waals surface area contributed by atoms with Crippen LogP contribution in [0.15, 0.2) is 53.4 Å². The molecule has 0 aliphatic carbocycles. The van der Waals surface area contributed by atoms with Crippen molar-refractivity contribution < 1.29 is 18.0 Å². The van der Waals surface area contributed by atoms with Crippen molar-refractivity contribution in [2.45, 2.75) is 44.0 Å². The SMILES string of the molecule is CCN(Cc1ccccc1)C(=O)CCCCCNC(=O)c1cc(S(=O)(=O)N(C)C)ccc1Cl. The summed E-state index contributed by atoms with van der Waals surface area (Å²) in [5, 5.41) is 2.96. The number of amides is 2. The molecule has 0 bridgehead atoms. The third-order valence-electron chi connectivity index (χ3n) is 5.26. The molecule has 1 N–H and O–H groups in total. The third kappa shape index (κ3) is 7.84. The lowest BCUT2D eigenvalue weighted by molar-refractivity contribution is -0.131. The van der Waals surface area contributed by atoms with Gasteiger partial charge in [0.2, 0.25) is 15.9 Å². The van der Waals surface area contributed by atoms with E-state index in [1.54, 1.807) is 0 Å². The van der Waals surface area contributed by atoms with Crippen molar-refractivity contribution in [3.63, 3.8) is 0 Å². The molecule has 0 unspecified atom stereocenters. The van der Waals surface area contributed by atoms with Crippen molar-refractivity contribution in [2.75, 3.05) is 27.2 Å². The molecule has 0 atom stereocenters. The van der Waals surface area contributed by atoms with E-state index in [9.17, 15) is 18.0 Å². The average Bonchev–Trinajstić information content (AvgIpc) is 2.80. The van der Waals surface area contributed by atoms with Crippen LogP contribution in [0.4, 0.5) is 0 Å². The second-order valence-electron chi connectivity index (χ2n) is 7.89. The number of rotatable bonds is 12. The smallest absolute Gasteiger partial charge is 0.252 e. The summed E-state index contributed by atoms with van der Waals surface area (Å²) in [7, 11) is -0.808. The Morgan fingerprint density at radius 1 is 1.00 bits per heavy atom. The van der Waals surface area contributed by atoms with Crippen LogP contribution in [0, 0.1) is 0 Å². The number of carbonyl (C=O) groups excluding carboxylic acids is 2. The maximum Gasteiger partial charge on any atom is 0.252 e. The first kappa shape index (κ1) is 26.8. The first-order chi connectivity index (χ1) is 15.7. The number of nitrogens with zero attached hydrogens (tertiary/aromatic N) is 2. The summed E-state index contributed by atoms with van der Waals surface area (Å²) >= 11 is 6.11. The van der Waals surface area contributed by atoms with Crippen LogP contribution in [0.3, 0.4) is 0 Å². The number of hydrogen-bond acceptors (Lipinski definition) is 4. The van der Waals surface area contributed by atoms with Crippen LogP contribution in [-0.4, -0.2) is 56.6 Å². The molecule has 0 spiro atoms. The molecule has 2 amide bonds. The zero-order valence-corrected chi connectivity index (χ0v) is 21.0. The van der Waals surface area contributed by atoms with Crippen LogP contribution >= 0.6 is 11.6 Å². The molecule has 2 aromatic carbocycles. The molecule has 0 aromatic heterocycles. The molecular formula is C24H32ClN3O4S. The molecule has 180 valence electrons. The van der Waals surface area contributed by atoms with Gasteiger partial charge in [-0.1, -0.05) is 48.4 Å². The van der Waals surface area contributed by atoms with Crippen molar-refractivity contribution in [1.29, 1.82) is 0 Å². The Hall–Kier alpha value is -2.42. The maximum absolute atomic E-state index is 12.5. The average molecular weight is 494 g/mol. The topological polar surface area (TPSA) is 86.8 Å². The highest BCUT2D eigenvalue weighted by Crippen LogP contribution is 2.22. The molecule has 7 nitrogen and oxygen atoms in total. The predicted molar refractivity (Wildman–Crippen MR) is 131 cm³/mol. The fourth-order valence-corrected chi connectivity index (χ4v) is 4.39. The van der Waals surface area contributed by atoms with Crippen LogP contribution in [0.5, 0.6) is 0 Å². The van der Waals surface area contributed by atoms with Crippen molar-refractivity contribution in [3.8, 4) is 0 Å². The number of hydrogen-bond donors (Lipinski definition) is 1. The molecule has 2 aromatic rings. The minimum Gasteiger partial charge on any atom is -0.352 e. The monoisotopic (exact) mass is 493 g/mol. The molecule has 0 aliphatic heterocycles. The maximum atomic E-state index is 12.5. The molecule has 33 heavy (non-hydrogen) atoms. The van der Waals surface area contributed by atoms with E-state index in [0.29, 0.717) is 32.5 Å². The number of carbonyl (C=O) groups is 2. The van der Waals surface area contributed by atoms with E-state index in [1.165, 1.54) is 32.3 Å². The van der Waals surface area contributed by atoms with Gasteiger partial charge < -0.3 is 10.2 Å². The van der Waals surface area contributed by atoms with Gasteiger partial charge in [0.1, 0.15) is 0 Å². The number of unbranched alkanes of at least 4 members (excludes halogenated alkanes) is 2. The summed E-state index contributed by atoms with van der Waals surface area (Å²) in [6, 6.07) is 14.0. The Balaban J connectivity index is 1.77. The number of benzene rings is 2. The Morgan fingerprint density at radius 3 is 2.33 bits per heavy atom. The summed E-state index contributed by atoms with van der Waals surface area (Å²) < 4.78 is 25.7. The molecule has 0 aliphatic rings. The molecule has 0 heterocycles. The summed E-state index contributed by atoms with van der Waals surface area (Å²) in [4.78, 5) is 26.8. The lowest BCUT2D eigenvalue weighted by Crippen LogP contribution is -2.30. The highest BCUT2D eigenvalue weighted by molar-refractivity contribution is 7.89. The molecule has 9 heteroatoms. The number of sulfonamides is 1. The largest absolute Gasteiger partial charge is 0.352 e. The molecule has 0 saturated heterocycles. The third-order valence-corrected chi connectivity index (χ3v) is 7.41. The Bertz CT molecular complexity index is 1040. The second-order valence-corrected chi connectivity index (χ2v) is 10.4.